The summed E-state index contributed by atoms with van der Waals surface area (Å²) >= 11 is 0.572. The first kappa shape index (κ1) is 15.1. The van der Waals surface area contributed by atoms with E-state index in [9.17, 15) is 4.79 Å². The summed E-state index contributed by atoms with van der Waals surface area (Å²) in [6.45, 7) is 1.43. The summed E-state index contributed by atoms with van der Waals surface area (Å²) in [6.07, 6.45) is 2.47. The fourth-order valence-electron chi connectivity index (χ4n) is 2.67. The quantitative estimate of drug-likeness (QED) is 0.465. The van der Waals surface area contributed by atoms with E-state index in [0.29, 0.717) is 20.7 Å². The van der Waals surface area contributed by atoms with Crippen LogP contribution >= 0.6 is 0 Å². The molecule has 1 heterocycles. The molecule has 112 valence electrons. The van der Waals surface area contributed by atoms with Crippen LogP contribution in [0.15, 0.2) is 59.1 Å². The third-order valence-electron chi connectivity index (χ3n) is 3.55. The molecule has 0 aromatic heterocycles. The third-order valence-corrected chi connectivity index (χ3v) is 6.17. The fraction of sp³-hybridized carbons (Fsp3) is 0.211. The Morgan fingerprint density at radius 2 is 1.82 bits per heavy atom. The van der Waals surface area contributed by atoms with E-state index >= 15 is 0 Å². The van der Waals surface area contributed by atoms with Gasteiger partial charge in [0.05, 0.1) is 0 Å². The molecule has 0 unspecified atom stereocenters. The van der Waals surface area contributed by atoms with Gasteiger partial charge in [0.1, 0.15) is 0 Å². The molecule has 22 heavy (non-hydrogen) atoms. The minimum absolute atomic E-state index is 0.281. The SMILES string of the molecule is CC(=O)Oc1cccc(/C(=C2\CCC[Se]2)c2ccccc2)c1. The van der Waals surface area contributed by atoms with Crippen molar-refractivity contribution in [3.05, 3.63) is 70.2 Å². The second-order valence-electron chi connectivity index (χ2n) is 5.24. The van der Waals surface area contributed by atoms with Crippen LogP contribution in [0.4, 0.5) is 0 Å². The number of hydrogen-bond donors (Lipinski definition) is 0. The maximum absolute atomic E-state index is 11.2. The Bertz CT molecular complexity index is 696. The van der Waals surface area contributed by atoms with Crippen LogP contribution in [0.5, 0.6) is 5.75 Å². The van der Waals surface area contributed by atoms with E-state index < -0.39 is 0 Å². The molecule has 2 nitrogen and oxygen atoms in total. The molecule has 1 saturated heterocycles. The standard InChI is InChI=1S/C19H18O2Se/c1-14(20)21-17-10-5-9-16(13-17)19(18-11-6-12-22-18)15-7-3-2-4-8-15/h2-5,7-10,13H,6,11-12H2,1H3/b19-18+. The van der Waals surface area contributed by atoms with Gasteiger partial charge in [-0.05, 0) is 0 Å². The molecule has 2 aromatic rings. The molecule has 1 fully saturated rings. The molecule has 0 aliphatic carbocycles. The number of carbonyl (C=O) groups is 1. The van der Waals surface area contributed by atoms with Crippen LogP contribution < -0.4 is 4.74 Å². The van der Waals surface area contributed by atoms with Crippen molar-refractivity contribution in [2.75, 3.05) is 0 Å². The van der Waals surface area contributed by atoms with Crippen molar-refractivity contribution in [1.29, 1.82) is 0 Å². The first-order valence-corrected chi connectivity index (χ1v) is 9.51. The van der Waals surface area contributed by atoms with Crippen molar-refractivity contribution >= 4 is 26.5 Å². The third kappa shape index (κ3) is 3.49. The average molecular weight is 357 g/mol. The van der Waals surface area contributed by atoms with Crippen LogP contribution in [0, 0.1) is 0 Å². The first-order chi connectivity index (χ1) is 10.7. The average Bonchev–Trinajstić information content (AvgIpc) is 3.02. The van der Waals surface area contributed by atoms with Crippen LogP contribution in [0.1, 0.15) is 30.9 Å². The number of carbonyl (C=O) groups excluding carboxylic acids is 1. The van der Waals surface area contributed by atoms with Gasteiger partial charge < -0.3 is 0 Å². The van der Waals surface area contributed by atoms with E-state index in [1.807, 2.05) is 24.3 Å². The Morgan fingerprint density at radius 3 is 2.50 bits per heavy atom. The van der Waals surface area contributed by atoms with Gasteiger partial charge >= 0.3 is 137 Å². The molecule has 0 radical (unpaired) electrons. The number of ether oxygens (including phenoxy) is 1. The van der Waals surface area contributed by atoms with Crippen LogP contribution in [0.3, 0.4) is 0 Å². The Kier molecular flexibility index (Phi) is 4.77. The van der Waals surface area contributed by atoms with Gasteiger partial charge in [-0.15, -0.1) is 0 Å². The van der Waals surface area contributed by atoms with E-state index in [-0.39, 0.29) is 5.97 Å². The predicted molar refractivity (Wildman–Crippen MR) is 90.0 cm³/mol. The molecule has 3 rings (SSSR count). The molecule has 0 spiro atoms. The summed E-state index contributed by atoms with van der Waals surface area (Å²) in [6, 6.07) is 18.4. The Balaban J connectivity index is 2.07. The summed E-state index contributed by atoms with van der Waals surface area (Å²) in [7, 11) is 0. The second-order valence-corrected chi connectivity index (χ2v) is 7.73. The zero-order valence-corrected chi connectivity index (χ0v) is 14.3. The van der Waals surface area contributed by atoms with E-state index in [1.54, 1.807) is 4.47 Å². The van der Waals surface area contributed by atoms with Crippen molar-refractivity contribution in [3.63, 3.8) is 0 Å². The van der Waals surface area contributed by atoms with Crippen molar-refractivity contribution in [2.45, 2.75) is 25.1 Å². The van der Waals surface area contributed by atoms with Crippen molar-refractivity contribution < 1.29 is 9.53 Å². The molecule has 0 atom stereocenters. The van der Waals surface area contributed by atoms with Crippen LogP contribution in [0.2, 0.25) is 5.32 Å². The van der Waals surface area contributed by atoms with Gasteiger partial charge in [0.2, 0.25) is 0 Å². The summed E-state index contributed by atoms with van der Waals surface area (Å²) in [5.41, 5.74) is 3.72. The zero-order chi connectivity index (χ0) is 15.4. The first-order valence-electron chi connectivity index (χ1n) is 7.44. The number of esters is 1. The predicted octanol–water partition coefficient (Wildman–Crippen LogP) is 4.29. The van der Waals surface area contributed by atoms with Crippen LogP contribution in [0.25, 0.3) is 5.57 Å². The van der Waals surface area contributed by atoms with Crippen LogP contribution in [-0.2, 0) is 4.79 Å². The topological polar surface area (TPSA) is 26.3 Å². The van der Waals surface area contributed by atoms with E-state index in [2.05, 4.69) is 30.3 Å². The molecule has 0 N–H and O–H groups in total. The molecule has 0 saturated carbocycles. The van der Waals surface area contributed by atoms with Gasteiger partial charge in [0.25, 0.3) is 0 Å². The number of benzene rings is 2. The Labute approximate surface area is 137 Å². The van der Waals surface area contributed by atoms with E-state index in [1.165, 1.54) is 36.2 Å². The van der Waals surface area contributed by atoms with Crippen molar-refractivity contribution in [3.8, 4) is 5.75 Å². The molecular weight excluding hydrogens is 339 g/mol. The van der Waals surface area contributed by atoms with Gasteiger partial charge in [0, 0.05) is 0 Å². The number of allylic oxidation sites excluding steroid dienone is 1. The molecule has 0 amide bonds. The van der Waals surface area contributed by atoms with E-state index in [0.717, 1.165) is 5.56 Å². The summed E-state index contributed by atoms with van der Waals surface area (Å²) in [5.74, 6) is 0.334. The zero-order valence-electron chi connectivity index (χ0n) is 12.5. The van der Waals surface area contributed by atoms with Gasteiger partial charge in [-0.2, -0.15) is 0 Å². The molecule has 1 aliphatic heterocycles. The number of hydrogen-bond acceptors (Lipinski definition) is 2. The summed E-state index contributed by atoms with van der Waals surface area (Å²) in [5, 5.41) is 1.32. The second kappa shape index (κ2) is 6.95. The summed E-state index contributed by atoms with van der Waals surface area (Å²) in [4.78, 5) is 11.2. The Hall–Kier alpha value is -1.83. The molecule has 1 aliphatic rings. The number of rotatable bonds is 3. The monoisotopic (exact) mass is 358 g/mol. The van der Waals surface area contributed by atoms with Crippen molar-refractivity contribution in [1.82, 2.24) is 0 Å². The molecule has 3 heteroatoms. The van der Waals surface area contributed by atoms with Crippen molar-refractivity contribution in [2.24, 2.45) is 0 Å². The van der Waals surface area contributed by atoms with Gasteiger partial charge in [-0.3, -0.25) is 0 Å². The van der Waals surface area contributed by atoms with Gasteiger partial charge in [-0.25, -0.2) is 0 Å². The molecule has 0 bridgehead atoms. The van der Waals surface area contributed by atoms with Gasteiger partial charge in [-0.1, -0.05) is 0 Å². The Morgan fingerprint density at radius 1 is 1.05 bits per heavy atom. The minimum atomic E-state index is -0.281. The van der Waals surface area contributed by atoms with Gasteiger partial charge in [0.15, 0.2) is 0 Å². The fourth-order valence-corrected chi connectivity index (χ4v) is 5.20. The van der Waals surface area contributed by atoms with E-state index in [4.69, 9.17) is 4.74 Å². The van der Waals surface area contributed by atoms with Crippen LogP contribution in [-0.4, -0.2) is 20.9 Å². The maximum atomic E-state index is 11.2. The normalized spacial score (nSPS) is 16.4. The molecule has 2 aromatic carbocycles. The molecular formula is C19H18O2Se. The summed E-state index contributed by atoms with van der Waals surface area (Å²) < 4.78 is 6.82.